The summed E-state index contributed by atoms with van der Waals surface area (Å²) >= 11 is 0. The van der Waals surface area contributed by atoms with Crippen LogP contribution in [0.1, 0.15) is 40.7 Å². The molecule has 1 unspecified atom stereocenters. The molecule has 0 saturated heterocycles. The van der Waals surface area contributed by atoms with Gasteiger partial charge in [-0.15, -0.1) is 0 Å². The molecule has 0 spiro atoms. The van der Waals surface area contributed by atoms with E-state index in [2.05, 4.69) is 9.88 Å². The molecule has 1 amide bonds. The number of primary amides is 1. The molecule has 32 heavy (non-hydrogen) atoms. The van der Waals surface area contributed by atoms with Crippen molar-refractivity contribution in [2.75, 3.05) is 19.7 Å². The molecule has 1 aliphatic heterocycles. The van der Waals surface area contributed by atoms with Crippen LogP contribution in [0.3, 0.4) is 0 Å². The first kappa shape index (κ1) is 20.9. The number of fused-ring (bicyclic) bond motifs is 2. The number of carbonyl (C=O) groups excluding carboxylic acids is 1. The molecule has 1 atom stereocenters. The van der Waals surface area contributed by atoms with E-state index >= 15 is 0 Å². The minimum atomic E-state index is -0.560. The zero-order valence-electron chi connectivity index (χ0n) is 17.9. The molecule has 3 aromatic rings. The van der Waals surface area contributed by atoms with Crippen molar-refractivity contribution in [1.82, 2.24) is 9.88 Å². The number of nitrogens with two attached hydrogens (primary N) is 1. The third-order valence-electron chi connectivity index (χ3n) is 6.66. The minimum Gasteiger partial charge on any atom is -0.489 e. The number of halogens is 2. The van der Waals surface area contributed by atoms with Gasteiger partial charge in [-0.25, -0.2) is 8.78 Å². The van der Waals surface area contributed by atoms with Crippen molar-refractivity contribution in [1.29, 1.82) is 0 Å². The SMILES string of the molecule is NC(=O)c1ccc(F)c2c1CC(N(CCCc1c[nH]c3cc(F)ccc13)CC1CC1)CO2. The summed E-state index contributed by atoms with van der Waals surface area (Å²) in [4.78, 5) is 17.5. The Morgan fingerprint density at radius 2 is 2.06 bits per heavy atom. The number of hydrogen-bond acceptors (Lipinski definition) is 3. The highest BCUT2D eigenvalue weighted by Crippen LogP contribution is 2.35. The Labute approximate surface area is 185 Å². The number of nitrogens with zero attached hydrogens (tertiary/aromatic N) is 1. The fourth-order valence-electron chi connectivity index (χ4n) is 4.79. The normalized spacial score (nSPS) is 18.0. The smallest absolute Gasteiger partial charge is 0.249 e. The number of carbonyl (C=O) groups is 1. The van der Waals surface area contributed by atoms with Crippen molar-refractivity contribution in [3.8, 4) is 5.75 Å². The minimum absolute atomic E-state index is 0.0695. The van der Waals surface area contributed by atoms with Gasteiger partial charge < -0.3 is 15.5 Å². The Morgan fingerprint density at radius 3 is 2.84 bits per heavy atom. The third kappa shape index (κ3) is 4.21. The van der Waals surface area contributed by atoms with Crippen molar-refractivity contribution in [2.45, 2.75) is 38.1 Å². The van der Waals surface area contributed by atoms with Crippen molar-refractivity contribution in [3.05, 3.63) is 64.9 Å². The largest absolute Gasteiger partial charge is 0.489 e. The zero-order chi connectivity index (χ0) is 22.2. The van der Waals surface area contributed by atoms with Gasteiger partial charge in [-0.3, -0.25) is 9.69 Å². The van der Waals surface area contributed by atoms with E-state index in [9.17, 15) is 13.6 Å². The Morgan fingerprint density at radius 1 is 1.22 bits per heavy atom. The predicted octanol–water partition coefficient (Wildman–Crippen LogP) is 4.19. The highest BCUT2D eigenvalue weighted by Gasteiger charge is 2.33. The Kier molecular flexibility index (Phi) is 5.59. The number of ether oxygens (including phenoxy) is 1. The van der Waals surface area contributed by atoms with Gasteiger partial charge in [-0.2, -0.15) is 0 Å². The van der Waals surface area contributed by atoms with Gasteiger partial charge in [0.1, 0.15) is 12.4 Å². The number of aromatic nitrogens is 1. The van der Waals surface area contributed by atoms with Crippen LogP contribution in [-0.2, 0) is 12.8 Å². The van der Waals surface area contributed by atoms with E-state index < -0.39 is 11.7 Å². The van der Waals surface area contributed by atoms with Crippen LogP contribution >= 0.6 is 0 Å². The van der Waals surface area contributed by atoms with Crippen LogP contribution in [0.15, 0.2) is 36.5 Å². The summed E-state index contributed by atoms with van der Waals surface area (Å²) < 4.78 is 33.5. The molecule has 2 heterocycles. The quantitative estimate of drug-likeness (QED) is 0.553. The third-order valence-corrected chi connectivity index (χ3v) is 6.66. The van der Waals surface area contributed by atoms with Gasteiger partial charge in [0, 0.05) is 40.8 Å². The highest BCUT2D eigenvalue weighted by molar-refractivity contribution is 5.95. The first-order valence-electron chi connectivity index (χ1n) is 11.2. The van der Waals surface area contributed by atoms with E-state index in [1.54, 1.807) is 0 Å². The first-order valence-corrected chi connectivity index (χ1v) is 11.2. The molecule has 2 aliphatic rings. The number of amides is 1. The van der Waals surface area contributed by atoms with Gasteiger partial charge in [0.2, 0.25) is 5.91 Å². The Balaban J connectivity index is 1.30. The van der Waals surface area contributed by atoms with Gasteiger partial charge in [0.25, 0.3) is 0 Å². The van der Waals surface area contributed by atoms with E-state index in [1.807, 2.05) is 12.3 Å². The van der Waals surface area contributed by atoms with Gasteiger partial charge in [0.05, 0.1) is 0 Å². The topological polar surface area (TPSA) is 71.4 Å². The van der Waals surface area contributed by atoms with Crippen LogP contribution in [0, 0.1) is 17.6 Å². The van der Waals surface area contributed by atoms with Crippen LogP contribution < -0.4 is 10.5 Å². The summed E-state index contributed by atoms with van der Waals surface area (Å²) in [5.74, 6) is -0.403. The predicted molar refractivity (Wildman–Crippen MR) is 119 cm³/mol. The van der Waals surface area contributed by atoms with Gasteiger partial charge >= 0.3 is 0 Å². The average molecular weight is 440 g/mol. The van der Waals surface area contributed by atoms with Crippen LogP contribution in [0.4, 0.5) is 8.78 Å². The maximum absolute atomic E-state index is 14.3. The monoisotopic (exact) mass is 439 g/mol. The summed E-state index contributed by atoms with van der Waals surface area (Å²) in [7, 11) is 0. The van der Waals surface area contributed by atoms with Gasteiger partial charge in [-0.1, -0.05) is 0 Å². The second kappa shape index (κ2) is 8.54. The number of nitrogens with one attached hydrogen (secondary N) is 1. The fourth-order valence-corrected chi connectivity index (χ4v) is 4.79. The lowest BCUT2D eigenvalue weighted by Gasteiger charge is -2.36. The second-order valence-corrected chi connectivity index (χ2v) is 8.98. The average Bonchev–Trinajstić information content (AvgIpc) is 3.51. The number of rotatable bonds is 8. The number of aromatic amines is 1. The maximum Gasteiger partial charge on any atom is 0.249 e. The number of benzene rings is 2. The molecule has 1 aliphatic carbocycles. The Hall–Kier alpha value is -2.93. The molecular weight excluding hydrogens is 412 g/mol. The van der Waals surface area contributed by atoms with Crippen LogP contribution in [-0.4, -0.2) is 41.5 Å². The van der Waals surface area contributed by atoms with Crippen LogP contribution in [0.25, 0.3) is 10.9 Å². The zero-order valence-corrected chi connectivity index (χ0v) is 17.9. The molecule has 5 nitrogen and oxygen atoms in total. The van der Waals surface area contributed by atoms with E-state index in [0.717, 1.165) is 36.8 Å². The van der Waals surface area contributed by atoms with Crippen molar-refractivity contribution in [2.24, 2.45) is 11.7 Å². The van der Waals surface area contributed by atoms with Crippen LogP contribution in [0.5, 0.6) is 5.75 Å². The molecule has 7 heteroatoms. The standard InChI is InChI=1S/C25H27F2N3O2/c26-17-5-6-19-16(12-29-23(19)10-17)2-1-9-30(13-15-3-4-15)18-11-21-20(25(28)31)7-8-22(27)24(21)32-14-18/h5-8,10,12,15,18,29H,1-4,9,11,13-14H2,(H2,28,31). The number of H-pyrrole nitrogens is 1. The number of hydrogen-bond donors (Lipinski definition) is 2. The van der Waals surface area contributed by atoms with Crippen molar-refractivity contribution >= 4 is 16.8 Å². The van der Waals surface area contributed by atoms with Crippen LogP contribution in [0.2, 0.25) is 0 Å². The fraction of sp³-hybridized carbons (Fsp3) is 0.400. The van der Waals surface area contributed by atoms with E-state index in [0.29, 0.717) is 30.1 Å². The second-order valence-electron chi connectivity index (χ2n) is 8.98. The lowest BCUT2D eigenvalue weighted by atomic mass is 9.95. The molecule has 5 rings (SSSR count). The van der Waals surface area contributed by atoms with E-state index in [-0.39, 0.29) is 17.6 Å². The van der Waals surface area contributed by atoms with E-state index in [1.165, 1.54) is 42.7 Å². The molecule has 2 aromatic carbocycles. The number of aryl methyl sites for hydroxylation is 1. The van der Waals surface area contributed by atoms with Crippen molar-refractivity contribution < 1.29 is 18.3 Å². The molecule has 1 aromatic heterocycles. The molecule has 0 bridgehead atoms. The molecule has 168 valence electrons. The van der Waals surface area contributed by atoms with E-state index in [4.69, 9.17) is 10.5 Å². The summed E-state index contributed by atoms with van der Waals surface area (Å²) in [6.45, 7) is 2.24. The highest BCUT2D eigenvalue weighted by atomic mass is 19.1. The molecule has 1 saturated carbocycles. The first-order chi connectivity index (χ1) is 15.5. The lowest BCUT2D eigenvalue weighted by Crippen LogP contribution is -2.45. The van der Waals surface area contributed by atoms with Gasteiger partial charge in [-0.05, 0) is 80.5 Å². The summed E-state index contributed by atoms with van der Waals surface area (Å²) in [6.07, 6.45) is 6.78. The summed E-state index contributed by atoms with van der Waals surface area (Å²) in [5, 5.41) is 1.05. The molecular formula is C25H27F2N3O2. The van der Waals surface area contributed by atoms with Gasteiger partial charge in [0.15, 0.2) is 11.6 Å². The molecule has 1 fully saturated rings. The summed E-state index contributed by atoms with van der Waals surface area (Å²) in [5.41, 5.74) is 8.43. The van der Waals surface area contributed by atoms with Crippen molar-refractivity contribution in [3.63, 3.8) is 0 Å². The Bertz CT molecular complexity index is 1160. The molecule has 0 radical (unpaired) electrons. The lowest BCUT2D eigenvalue weighted by molar-refractivity contribution is 0.0980. The maximum atomic E-state index is 14.3. The molecule has 3 N–H and O–H groups in total. The summed E-state index contributed by atoms with van der Waals surface area (Å²) in [6, 6.07) is 7.60.